The van der Waals surface area contributed by atoms with Crippen LogP contribution in [0.15, 0.2) is 60.7 Å². The Morgan fingerprint density at radius 1 is 0.522 bits per heavy atom. The average Bonchev–Trinajstić information content (AvgIpc) is 3.31. The minimum atomic E-state index is 0. The van der Waals surface area contributed by atoms with Crippen molar-refractivity contribution >= 4 is 0 Å². The second kappa shape index (κ2) is 9.96. The van der Waals surface area contributed by atoms with Crippen LogP contribution in [0.25, 0.3) is 0 Å². The topological polar surface area (TPSA) is 0 Å². The molecule has 0 radical (unpaired) electrons. The summed E-state index contributed by atoms with van der Waals surface area (Å²) in [7, 11) is 0. The minimum Gasteiger partial charge on any atom is -0.0622 e. The fourth-order valence-electron chi connectivity index (χ4n) is 3.92. The van der Waals surface area contributed by atoms with E-state index in [-0.39, 0.29) is 17.1 Å². The molecule has 2 fully saturated rings. The number of rotatable bonds is 2. The van der Waals surface area contributed by atoms with Crippen LogP contribution in [0.1, 0.15) is 74.3 Å². The maximum Gasteiger partial charge on any atom is 0 e. The molecule has 0 saturated heterocycles. The molecule has 0 aromatic heterocycles. The van der Waals surface area contributed by atoms with Crippen LogP contribution in [-0.4, -0.2) is 0 Å². The first kappa shape index (κ1) is 18.3. The van der Waals surface area contributed by atoms with E-state index in [2.05, 4.69) is 60.7 Å². The van der Waals surface area contributed by atoms with Gasteiger partial charge in [0.2, 0.25) is 0 Å². The summed E-state index contributed by atoms with van der Waals surface area (Å²) >= 11 is 0. The van der Waals surface area contributed by atoms with Gasteiger partial charge in [-0.1, -0.05) is 92.8 Å². The predicted molar refractivity (Wildman–Crippen MR) is 95.3 cm³/mol. The van der Waals surface area contributed by atoms with Crippen molar-refractivity contribution in [2.75, 3.05) is 0 Å². The molecule has 2 aliphatic rings. The molecule has 124 valence electrons. The summed E-state index contributed by atoms with van der Waals surface area (Å²) in [6, 6.07) is 21.9. The van der Waals surface area contributed by atoms with Crippen molar-refractivity contribution in [3.8, 4) is 0 Å². The summed E-state index contributed by atoms with van der Waals surface area (Å²) in [5.41, 5.74) is 3.04. The number of hydrogen-bond acceptors (Lipinski definition) is 0. The van der Waals surface area contributed by atoms with Gasteiger partial charge < -0.3 is 0 Å². The summed E-state index contributed by atoms with van der Waals surface area (Å²) in [6.07, 6.45) is 11.5. The van der Waals surface area contributed by atoms with Crippen molar-refractivity contribution in [3.63, 3.8) is 0 Å². The Morgan fingerprint density at radius 2 is 0.870 bits per heavy atom. The number of hydrogen-bond donors (Lipinski definition) is 0. The third kappa shape index (κ3) is 5.52. The first-order chi connectivity index (χ1) is 10.9. The average molecular weight is 348 g/mol. The van der Waals surface area contributed by atoms with E-state index in [4.69, 9.17) is 0 Å². The van der Waals surface area contributed by atoms with Crippen molar-refractivity contribution in [1.29, 1.82) is 0 Å². The fraction of sp³-hybridized carbons (Fsp3) is 0.455. The van der Waals surface area contributed by atoms with E-state index < -0.39 is 0 Å². The maximum atomic E-state index is 2.28. The van der Waals surface area contributed by atoms with Crippen molar-refractivity contribution in [2.45, 2.75) is 63.2 Å². The van der Waals surface area contributed by atoms with Gasteiger partial charge in [0.25, 0.3) is 0 Å². The predicted octanol–water partition coefficient (Wildman–Crippen LogP) is 6.69. The van der Waals surface area contributed by atoms with Crippen LogP contribution < -0.4 is 0 Å². The normalized spacial score (nSPS) is 22.8. The van der Waals surface area contributed by atoms with Gasteiger partial charge in [-0.3, -0.25) is 0 Å². The van der Waals surface area contributed by atoms with Gasteiger partial charge in [0, 0.05) is 17.1 Å². The summed E-state index contributed by atoms with van der Waals surface area (Å²) in [5.74, 6) is 1.53. The van der Waals surface area contributed by atoms with E-state index in [1.54, 1.807) is 0 Å². The Labute approximate surface area is 152 Å². The van der Waals surface area contributed by atoms with Gasteiger partial charge in [0.15, 0.2) is 0 Å². The standard InChI is InChI=1S/C17H18.C5H10.Fe/c1-3-7-14(8-4-1)16-11-12-17(13-16)15-9-5-2-6-10-15;1-2-4-5-3-1;/h1-10,16-17H,11-13H2;1-5H2;. The maximum absolute atomic E-state index is 2.28. The van der Waals surface area contributed by atoms with E-state index in [1.807, 2.05) is 0 Å². The van der Waals surface area contributed by atoms with E-state index in [0.29, 0.717) is 0 Å². The van der Waals surface area contributed by atoms with Crippen LogP contribution in [0.3, 0.4) is 0 Å². The van der Waals surface area contributed by atoms with Crippen LogP contribution in [-0.2, 0) is 17.1 Å². The molecule has 2 atom stereocenters. The largest absolute Gasteiger partial charge is 0.0622 e. The second-order valence-corrected chi connectivity index (χ2v) is 6.80. The van der Waals surface area contributed by atoms with Crippen molar-refractivity contribution in [3.05, 3.63) is 71.8 Å². The van der Waals surface area contributed by atoms with Gasteiger partial charge in [-0.25, -0.2) is 0 Å². The monoisotopic (exact) mass is 348 g/mol. The first-order valence-corrected chi connectivity index (χ1v) is 9.03. The first-order valence-electron chi connectivity index (χ1n) is 9.03. The molecule has 2 aliphatic carbocycles. The van der Waals surface area contributed by atoms with Gasteiger partial charge in [-0.2, -0.15) is 0 Å². The smallest absolute Gasteiger partial charge is 0 e. The second-order valence-electron chi connectivity index (χ2n) is 6.80. The van der Waals surface area contributed by atoms with Crippen molar-refractivity contribution < 1.29 is 17.1 Å². The van der Waals surface area contributed by atoms with E-state index in [9.17, 15) is 0 Å². The molecule has 0 heterocycles. The minimum absolute atomic E-state index is 0. The molecule has 23 heavy (non-hydrogen) atoms. The summed E-state index contributed by atoms with van der Waals surface area (Å²) < 4.78 is 0. The quantitative estimate of drug-likeness (QED) is 0.531. The molecule has 1 heteroatoms. The third-order valence-corrected chi connectivity index (χ3v) is 5.22. The zero-order chi connectivity index (χ0) is 15.0. The molecule has 4 rings (SSSR count). The van der Waals surface area contributed by atoms with E-state index in [1.165, 1.54) is 62.5 Å². The molecule has 2 unspecified atom stereocenters. The molecular formula is C22H28Fe. The fourth-order valence-corrected chi connectivity index (χ4v) is 3.92. The summed E-state index contributed by atoms with van der Waals surface area (Å²) in [5, 5.41) is 0. The Hall–Kier alpha value is -1.04. The Balaban J connectivity index is 0.000000276. The van der Waals surface area contributed by atoms with Gasteiger partial charge >= 0.3 is 0 Å². The zero-order valence-electron chi connectivity index (χ0n) is 13.9. The molecule has 0 N–H and O–H groups in total. The van der Waals surface area contributed by atoms with Crippen molar-refractivity contribution in [2.24, 2.45) is 0 Å². The van der Waals surface area contributed by atoms with Gasteiger partial charge in [0.1, 0.15) is 0 Å². The van der Waals surface area contributed by atoms with Gasteiger partial charge in [-0.05, 0) is 42.2 Å². The summed E-state index contributed by atoms with van der Waals surface area (Å²) in [4.78, 5) is 0. The summed E-state index contributed by atoms with van der Waals surface area (Å²) in [6.45, 7) is 0. The third-order valence-electron chi connectivity index (χ3n) is 5.22. The molecule has 2 aromatic carbocycles. The molecule has 0 bridgehead atoms. The Kier molecular flexibility index (Phi) is 7.92. The van der Waals surface area contributed by atoms with Gasteiger partial charge in [-0.15, -0.1) is 0 Å². The number of benzene rings is 2. The van der Waals surface area contributed by atoms with E-state index in [0.717, 1.165) is 11.8 Å². The van der Waals surface area contributed by atoms with Crippen LogP contribution in [0, 0.1) is 0 Å². The molecule has 0 amide bonds. The van der Waals surface area contributed by atoms with Crippen molar-refractivity contribution in [1.82, 2.24) is 0 Å². The molecule has 2 saturated carbocycles. The van der Waals surface area contributed by atoms with Crippen LogP contribution >= 0.6 is 0 Å². The molecule has 0 aliphatic heterocycles. The molecule has 0 nitrogen and oxygen atoms in total. The Morgan fingerprint density at radius 3 is 1.22 bits per heavy atom. The van der Waals surface area contributed by atoms with Crippen LogP contribution in [0.2, 0.25) is 0 Å². The molecular weight excluding hydrogens is 320 g/mol. The van der Waals surface area contributed by atoms with Crippen LogP contribution in [0.5, 0.6) is 0 Å². The van der Waals surface area contributed by atoms with Gasteiger partial charge in [0.05, 0.1) is 0 Å². The van der Waals surface area contributed by atoms with Crippen LogP contribution in [0.4, 0.5) is 0 Å². The van der Waals surface area contributed by atoms with E-state index >= 15 is 0 Å². The SMILES string of the molecule is C1CCCC1.[Fe].c1ccc(C2CCC(c3ccccc3)C2)cc1. The molecule has 2 aromatic rings. The Bertz CT molecular complexity index is 477. The zero-order valence-corrected chi connectivity index (χ0v) is 15.0. The molecule has 0 spiro atoms.